The molecule has 4 aromatic carbocycles. The molecule has 0 fully saturated rings. The van der Waals surface area contributed by atoms with Gasteiger partial charge in [0.25, 0.3) is 0 Å². The summed E-state index contributed by atoms with van der Waals surface area (Å²) in [4.78, 5) is 18.7. The Morgan fingerprint density at radius 2 is 1.24 bits per heavy atom. The van der Waals surface area contributed by atoms with Crippen molar-refractivity contribution in [2.75, 3.05) is 18.9 Å². The van der Waals surface area contributed by atoms with Gasteiger partial charge in [-0.15, -0.1) is 0 Å². The van der Waals surface area contributed by atoms with Gasteiger partial charge in [-0.25, -0.2) is 9.78 Å². The summed E-state index contributed by atoms with van der Waals surface area (Å²) >= 11 is 0. The topological polar surface area (TPSA) is 102 Å². The molecule has 0 saturated carbocycles. The van der Waals surface area contributed by atoms with Crippen molar-refractivity contribution in [2.45, 2.75) is 19.9 Å². The van der Waals surface area contributed by atoms with Crippen molar-refractivity contribution in [2.24, 2.45) is 0 Å². The molecular formula is C33H32N3O4P. The molecule has 0 amide bonds. The van der Waals surface area contributed by atoms with Crippen LogP contribution in [0.15, 0.2) is 127 Å². The maximum Gasteiger partial charge on any atom is 0.337 e. The van der Waals surface area contributed by atoms with E-state index in [1.807, 2.05) is 115 Å². The quantitative estimate of drug-likeness (QED) is 0.154. The summed E-state index contributed by atoms with van der Waals surface area (Å²) in [6.07, 6.45) is 0. The Morgan fingerprint density at radius 3 is 1.73 bits per heavy atom. The molecule has 1 atom stereocenters. The molecule has 0 spiro atoms. The van der Waals surface area contributed by atoms with Crippen LogP contribution in [0.25, 0.3) is 11.0 Å². The molecule has 5 rings (SSSR count). The standard InChI is InChI=1S/C33H32N3O4P/c1-3-39-31(37)29(36-28-23-15-14-22-27(28)35-33(36)34)30(32(38)40-4-2)41(24-16-8-5-9-17-24,25-18-10-6-11-19-25)26-20-12-7-13-21-26/h5-23,29H,3-4H2,1-2H3,(H2-,34,35,38)/b32-30-. The molecule has 41 heavy (non-hydrogen) atoms. The zero-order chi connectivity index (χ0) is 28.8. The van der Waals surface area contributed by atoms with Gasteiger partial charge in [-0.1, -0.05) is 73.7 Å². The van der Waals surface area contributed by atoms with Crippen molar-refractivity contribution < 1.29 is 19.4 Å². The number of nitrogens with zero attached hydrogens (tertiary/aromatic N) is 2. The summed E-state index contributed by atoms with van der Waals surface area (Å²) in [7, 11) is -3.08. The van der Waals surface area contributed by atoms with Gasteiger partial charge in [0, 0.05) is 0 Å². The van der Waals surface area contributed by atoms with E-state index in [2.05, 4.69) is 4.98 Å². The van der Waals surface area contributed by atoms with Gasteiger partial charge in [0.1, 0.15) is 28.5 Å². The van der Waals surface area contributed by atoms with Crippen LogP contribution in [0.1, 0.15) is 19.9 Å². The predicted molar refractivity (Wildman–Crippen MR) is 164 cm³/mol. The Bertz CT molecular complexity index is 1560. The summed E-state index contributed by atoms with van der Waals surface area (Å²) in [5, 5.41) is 17.4. The predicted octanol–water partition coefficient (Wildman–Crippen LogP) is 4.28. The second-order valence-corrected chi connectivity index (χ2v) is 12.6. The zero-order valence-electron chi connectivity index (χ0n) is 23.0. The number of esters is 1. The lowest BCUT2D eigenvalue weighted by atomic mass is 10.2. The molecule has 7 nitrogen and oxygen atoms in total. The van der Waals surface area contributed by atoms with Gasteiger partial charge >= 0.3 is 5.97 Å². The van der Waals surface area contributed by atoms with E-state index in [0.717, 1.165) is 15.9 Å². The van der Waals surface area contributed by atoms with Crippen molar-refractivity contribution in [1.29, 1.82) is 0 Å². The molecule has 8 heteroatoms. The van der Waals surface area contributed by atoms with E-state index >= 15 is 0 Å². The fourth-order valence-electron chi connectivity index (χ4n) is 5.35. The summed E-state index contributed by atoms with van der Waals surface area (Å²) in [6.45, 7) is 3.73. The van der Waals surface area contributed by atoms with E-state index in [9.17, 15) is 9.90 Å². The molecule has 0 aliphatic heterocycles. The Hall–Kier alpha value is -4.61. The molecule has 2 N–H and O–H groups in total. The van der Waals surface area contributed by atoms with Crippen LogP contribution in [0.3, 0.4) is 0 Å². The molecule has 208 valence electrons. The van der Waals surface area contributed by atoms with E-state index in [-0.39, 0.29) is 24.5 Å². The zero-order valence-corrected chi connectivity index (χ0v) is 23.9. The van der Waals surface area contributed by atoms with E-state index in [1.54, 1.807) is 18.4 Å². The first-order valence-electron chi connectivity index (χ1n) is 13.5. The van der Waals surface area contributed by atoms with Gasteiger partial charge in [-0.05, 0) is 62.1 Å². The van der Waals surface area contributed by atoms with Gasteiger partial charge in [0.05, 0.1) is 23.6 Å². The van der Waals surface area contributed by atoms with Gasteiger partial charge in [0.15, 0.2) is 6.04 Å². The number of hydrogen-bond acceptors (Lipinski definition) is 6. The minimum absolute atomic E-state index is 0.0957. The molecule has 0 bridgehead atoms. The Morgan fingerprint density at radius 1 is 0.780 bits per heavy atom. The van der Waals surface area contributed by atoms with E-state index < -0.39 is 25.2 Å². The highest BCUT2D eigenvalue weighted by atomic mass is 31.2. The number of carbonyl (C=O) groups excluding carboxylic acids is 1. The van der Waals surface area contributed by atoms with Crippen molar-refractivity contribution in [1.82, 2.24) is 9.55 Å². The van der Waals surface area contributed by atoms with Crippen LogP contribution >= 0.6 is 7.26 Å². The lowest BCUT2D eigenvalue weighted by Crippen LogP contribution is -2.39. The number of ether oxygens (including phenoxy) is 2. The van der Waals surface area contributed by atoms with E-state index in [1.165, 1.54) is 0 Å². The first-order chi connectivity index (χ1) is 20.0. The van der Waals surface area contributed by atoms with Crippen LogP contribution in [0.2, 0.25) is 0 Å². The Kier molecular flexibility index (Phi) is 8.37. The Balaban J connectivity index is 2.00. The van der Waals surface area contributed by atoms with Gasteiger partial charge < -0.3 is 20.3 Å². The van der Waals surface area contributed by atoms with Gasteiger partial charge in [-0.2, -0.15) is 0 Å². The van der Waals surface area contributed by atoms with E-state index in [4.69, 9.17) is 15.2 Å². The third-order valence-corrected chi connectivity index (χ3v) is 11.3. The number of anilines is 1. The number of imidazole rings is 1. The SMILES string of the molecule is CCOC(=O)C(/C(=C(\[O-])OCC)[P+](c1ccccc1)(c1ccccc1)c1ccccc1)n1c(N)nc2ccccc21. The minimum Gasteiger partial charge on any atom is -0.611 e. The number of aromatic nitrogens is 2. The number of nitrogen functional groups attached to an aromatic ring is 1. The van der Waals surface area contributed by atoms with Crippen LogP contribution in [-0.4, -0.2) is 28.7 Å². The summed E-state index contributed by atoms with van der Waals surface area (Å²) in [5.74, 6) is -1.11. The monoisotopic (exact) mass is 565 g/mol. The Labute approximate surface area is 240 Å². The minimum atomic E-state index is -3.08. The lowest BCUT2D eigenvalue weighted by Gasteiger charge is -2.35. The lowest BCUT2D eigenvalue weighted by molar-refractivity contribution is -0.358. The highest BCUT2D eigenvalue weighted by Crippen LogP contribution is 2.66. The number of rotatable bonds is 10. The van der Waals surface area contributed by atoms with Crippen molar-refractivity contribution in [3.05, 3.63) is 127 Å². The summed E-state index contributed by atoms with van der Waals surface area (Å²) in [6, 6.07) is 35.6. The van der Waals surface area contributed by atoms with Crippen LogP contribution in [0, 0.1) is 0 Å². The molecule has 1 heterocycles. The molecule has 1 aromatic heterocycles. The smallest absolute Gasteiger partial charge is 0.337 e. The first kappa shape index (κ1) is 27.9. The fourth-order valence-corrected chi connectivity index (χ4v) is 9.86. The molecule has 0 aliphatic rings. The van der Waals surface area contributed by atoms with E-state index in [0.29, 0.717) is 11.0 Å². The van der Waals surface area contributed by atoms with Crippen LogP contribution in [-0.2, 0) is 14.3 Å². The number of nitrogens with two attached hydrogens (primary N) is 1. The molecule has 1 unspecified atom stereocenters. The van der Waals surface area contributed by atoms with Crippen molar-refractivity contribution in [3.8, 4) is 0 Å². The second-order valence-electron chi connectivity index (χ2n) is 9.27. The summed E-state index contributed by atoms with van der Waals surface area (Å²) in [5.41, 5.74) is 7.76. The van der Waals surface area contributed by atoms with Gasteiger partial charge in [0.2, 0.25) is 5.95 Å². The number of hydrogen-bond donors (Lipinski definition) is 1. The average Bonchev–Trinajstić information content (AvgIpc) is 3.34. The van der Waals surface area contributed by atoms with Crippen molar-refractivity contribution >= 4 is 46.1 Å². The molecule has 0 saturated heterocycles. The molecule has 0 aliphatic carbocycles. The number of fused-ring (bicyclic) bond motifs is 1. The number of benzene rings is 4. The highest BCUT2D eigenvalue weighted by molar-refractivity contribution is 7.99. The van der Waals surface area contributed by atoms with Crippen LogP contribution in [0.5, 0.6) is 0 Å². The normalized spacial score (nSPS) is 12.9. The average molecular weight is 566 g/mol. The fraction of sp³-hybridized carbons (Fsp3) is 0.152. The third kappa shape index (κ3) is 5.05. The van der Waals surface area contributed by atoms with Gasteiger partial charge in [-0.3, -0.25) is 4.57 Å². The third-order valence-electron chi connectivity index (χ3n) is 6.93. The maximum absolute atomic E-state index is 14.5. The molecule has 0 radical (unpaired) electrons. The molecular weight excluding hydrogens is 533 g/mol. The summed E-state index contributed by atoms with van der Waals surface area (Å²) < 4.78 is 13.1. The molecule has 5 aromatic rings. The number of para-hydroxylation sites is 2. The van der Waals surface area contributed by atoms with Crippen molar-refractivity contribution in [3.63, 3.8) is 0 Å². The van der Waals surface area contributed by atoms with Crippen LogP contribution < -0.4 is 26.8 Å². The highest BCUT2D eigenvalue weighted by Gasteiger charge is 2.56. The second kappa shape index (κ2) is 12.3. The largest absolute Gasteiger partial charge is 0.611 e. The first-order valence-corrected chi connectivity index (χ1v) is 15.3. The number of carbonyl (C=O) groups is 1. The van der Waals surface area contributed by atoms with Crippen LogP contribution in [0.4, 0.5) is 5.95 Å². The maximum atomic E-state index is 14.5.